The second-order valence-electron chi connectivity index (χ2n) is 4.07. The number of nitrogen functional groups attached to an aromatic ring is 1. The first-order valence-electron chi connectivity index (χ1n) is 5.74. The predicted molar refractivity (Wildman–Crippen MR) is 86.2 cm³/mol. The van der Waals surface area contributed by atoms with Crippen molar-refractivity contribution >= 4 is 39.9 Å². The van der Waals surface area contributed by atoms with Gasteiger partial charge in [-0.3, -0.25) is 4.79 Å². The van der Waals surface area contributed by atoms with Crippen LogP contribution >= 0.6 is 22.6 Å². The van der Waals surface area contributed by atoms with Crippen molar-refractivity contribution < 1.29 is 14.6 Å². The summed E-state index contributed by atoms with van der Waals surface area (Å²) < 4.78 is 5.93. The molecule has 0 heterocycles. The molecule has 0 aliphatic heterocycles. The molecular formula is C14H13IN2O3. The second kappa shape index (κ2) is 6.00. The Bertz CT molecular complexity index is 659. The van der Waals surface area contributed by atoms with E-state index in [9.17, 15) is 9.90 Å². The summed E-state index contributed by atoms with van der Waals surface area (Å²) in [5, 5.41) is 12.4. The minimum atomic E-state index is -0.430. The van der Waals surface area contributed by atoms with E-state index in [4.69, 9.17) is 10.5 Å². The van der Waals surface area contributed by atoms with Crippen LogP contribution in [0.1, 0.15) is 10.4 Å². The van der Waals surface area contributed by atoms with Gasteiger partial charge in [0, 0.05) is 9.64 Å². The van der Waals surface area contributed by atoms with E-state index in [1.807, 2.05) is 0 Å². The molecule has 0 aliphatic carbocycles. The average Bonchev–Trinajstić information content (AvgIpc) is 2.43. The predicted octanol–water partition coefficient (Wildman–Crippen LogP) is 2.84. The number of anilines is 2. The number of phenols is 1. The molecule has 0 radical (unpaired) electrons. The number of hydrogen-bond acceptors (Lipinski definition) is 4. The van der Waals surface area contributed by atoms with Crippen molar-refractivity contribution in [3.05, 3.63) is 45.5 Å². The summed E-state index contributed by atoms with van der Waals surface area (Å²) in [7, 11) is 1.53. The zero-order chi connectivity index (χ0) is 14.7. The number of aromatic hydroxyl groups is 1. The number of methoxy groups -OCH3 is 1. The Balaban J connectivity index is 2.30. The van der Waals surface area contributed by atoms with Gasteiger partial charge < -0.3 is 20.9 Å². The molecule has 2 rings (SSSR count). The van der Waals surface area contributed by atoms with E-state index in [0.29, 0.717) is 17.1 Å². The lowest BCUT2D eigenvalue weighted by Crippen LogP contribution is -2.13. The molecule has 0 atom stereocenters. The number of benzene rings is 2. The minimum absolute atomic E-state index is 0.0793. The Morgan fingerprint density at radius 1 is 1.30 bits per heavy atom. The van der Waals surface area contributed by atoms with Crippen molar-refractivity contribution in [2.75, 3.05) is 18.2 Å². The van der Waals surface area contributed by atoms with E-state index in [1.54, 1.807) is 30.3 Å². The maximum Gasteiger partial charge on any atom is 0.259 e. The lowest BCUT2D eigenvalue weighted by molar-refractivity contribution is 0.102. The molecule has 4 N–H and O–H groups in total. The summed E-state index contributed by atoms with van der Waals surface area (Å²) in [4.78, 5) is 12.2. The highest BCUT2D eigenvalue weighted by atomic mass is 127. The third kappa shape index (κ3) is 3.13. The Hall–Kier alpha value is -1.96. The number of nitrogens with two attached hydrogens (primary N) is 1. The van der Waals surface area contributed by atoms with E-state index in [-0.39, 0.29) is 11.3 Å². The van der Waals surface area contributed by atoms with Gasteiger partial charge in [-0.15, -0.1) is 0 Å². The molecule has 6 heteroatoms. The SMILES string of the molecule is COc1ccc(N)c(NC(=O)c2cc(I)ccc2O)c1. The Morgan fingerprint density at radius 2 is 2.05 bits per heavy atom. The monoisotopic (exact) mass is 384 g/mol. The van der Waals surface area contributed by atoms with Gasteiger partial charge in [0.1, 0.15) is 11.5 Å². The largest absolute Gasteiger partial charge is 0.507 e. The fourth-order valence-electron chi connectivity index (χ4n) is 1.65. The highest BCUT2D eigenvalue weighted by Gasteiger charge is 2.13. The highest BCUT2D eigenvalue weighted by Crippen LogP contribution is 2.26. The lowest BCUT2D eigenvalue weighted by atomic mass is 10.1. The lowest BCUT2D eigenvalue weighted by Gasteiger charge is -2.11. The van der Waals surface area contributed by atoms with Crippen molar-refractivity contribution in [1.29, 1.82) is 0 Å². The van der Waals surface area contributed by atoms with E-state index in [2.05, 4.69) is 27.9 Å². The highest BCUT2D eigenvalue weighted by molar-refractivity contribution is 14.1. The van der Waals surface area contributed by atoms with Crippen LogP contribution in [0.2, 0.25) is 0 Å². The number of amides is 1. The number of carbonyl (C=O) groups is 1. The molecule has 20 heavy (non-hydrogen) atoms. The fourth-order valence-corrected chi connectivity index (χ4v) is 2.14. The average molecular weight is 384 g/mol. The van der Waals surface area contributed by atoms with Crippen LogP contribution < -0.4 is 15.8 Å². The third-order valence-corrected chi connectivity index (χ3v) is 3.38. The number of ether oxygens (including phenoxy) is 1. The van der Waals surface area contributed by atoms with Crippen molar-refractivity contribution in [3.8, 4) is 11.5 Å². The van der Waals surface area contributed by atoms with Crippen LogP contribution in [0.5, 0.6) is 11.5 Å². The maximum atomic E-state index is 12.2. The first-order valence-corrected chi connectivity index (χ1v) is 6.82. The molecule has 2 aromatic rings. The van der Waals surface area contributed by atoms with Crippen molar-refractivity contribution in [3.63, 3.8) is 0 Å². The third-order valence-electron chi connectivity index (χ3n) is 2.71. The molecule has 0 fully saturated rings. The van der Waals surface area contributed by atoms with Gasteiger partial charge in [0.05, 0.1) is 24.0 Å². The van der Waals surface area contributed by atoms with Crippen LogP contribution in [-0.4, -0.2) is 18.1 Å². The van der Waals surface area contributed by atoms with Gasteiger partial charge in [0.15, 0.2) is 0 Å². The molecule has 0 unspecified atom stereocenters. The summed E-state index contributed by atoms with van der Waals surface area (Å²) in [5.41, 5.74) is 6.86. The van der Waals surface area contributed by atoms with Crippen LogP contribution in [0.4, 0.5) is 11.4 Å². The number of halogens is 1. The maximum absolute atomic E-state index is 12.2. The molecule has 0 aliphatic rings. The molecule has 0 aromatic heterocycles. The van der Waals surface area contributed by atoms with E-state index in [1.165, 1.54) is 13.2 Å². The zero-order valence-electron chi connectivity index (χ0n) is 10.7. The van der Waals surface area contributed by atoms with Gasteiger partial charge in [-0.25, -0.2) is 0 Å². The van der Waals surface area contributed by atoms with Gasteiger partial charge in [-0.1, -0.05) is 0 Å². The van der Waals surface area contributed by atoms with Crippen molar-refractivity contribution in [1.82, 2.24) is 0 Å². The smallest absolute Gasteiger partial charge is 0.259 e. The molecule has 104 valence electrons. The summed E-state index contributed by atoms with van der Waals surface area (Å²) in [6.07, 6.45) is 0. The van der Waals surface area contributed by atoms with Gasteiger partial charge in [0.2, 0.25) is 0 Å². The quantitative estimate of drug-likeness (QED) is 0.561. The molecule has 5 nitrogen and oxygen atoms in total. The van der Waals surface area contributed by atoms with Crippen molar-refractivity contribution in [2.45, 2.75) is 0 Å². The van der Waals surface area contributed by atoms with E-state index >= 15 is 0 Å². The van der Waals surface area contributed by atoms with Crippen LogP contribution in [0.15, 0.2) is 36.4 Å². The van der Waals surface area contributed by atoms with Gasteiger partial charge >= 0.3 is 0 Å². The molecule has 0 saturated heterocycles. The van der Waals surface area contributed by atoms with Gasteiger partial charge in [-0.2, -0.15) is 0 Å². The number of rotatable bonds is 3. The van der Waals surface area contributed by atoms with Crippen LogP contribution in [0.25, 0.3) is 0 Å². The van der Waals surface area contributed by atoms with Gasteiger partial charge in [0.25, 0.3) is 5.91 Å². The molecule has 0 saturated carbocycles. The number of carbonyl (C=O) groups excluding carboxylic acids is 1. The van der Waals surface area contributed by atoms with E-state index < -0.39 is 5.91 Å². The molecule has 1 amide bonds. The summed E-state index contributed by atoms with van der Waals surface area (Å²) >= 11 is 2.07. The molecule has 0 bridgehead atoms. The topological polar surface area (TPSA) is 84.6 Å². The normalized spacial score (nSPS) is 10.1. The standard InChI is InChI=1S/C14H13IN2O3/c1-20-9-3-4-11(16)12(7-9)17-14(19)10-6-8(15)2-5-13(10)18/h2-7,18H,16H2,1H3,(H,17,19). The zero-order valence-corrected chi connectivity index (χ0v) is 12.8. The summed E-state index contributed by atoms with van der Waals surface area (Å²) in [5.74, 6) is 0.0757. The molecule has 0 spiro atoms. The Morgan fingerprint density at radius 3 is 2.75 bits per heavy atom. The summed E-state index contributed by atoms with van der Waals surface area (Å²) in [6.45, 7) is 0. The van der Waals surface area contributed by atoms with Crippen LogP contribution in [0.3, 0.4) is 0 Å². The fraction of sp³-hybridized carbons (Fsp3) is 0.0714. The second-order valence-corrected chi connectivity index (χ2v) is 5.31. The number of nitrogens with one attached hydrogen (secondary N) is 1. The van der Waals surface area contributed by atoms with E-state index in [0.717, 1.165) is 3.57 Å². The first-order chi connectivity index (χ1) is 9.51. The number of hydrogen-bond donors (Lipinski definition) is 3. The van der Waals surface area contributed by atoms with Crippen LogP contribution in [0, 0.1) is 3.57 Å². The Kier molecular flexibility index (Phi) is 4.33. The molecule has 2 aromatic carbocycles. The van der Waals surface area contributed by atoms with Gasteiger partial charge in [-0.05, 0) is 52.9 Å². The first kappa shape index (κ1) is 14.4. The van der Waals surface area contributed by atoms with Crippen LogP contribution in [-0.2, 0) is 0 Å². The minimum Gasteiger partial charge on any atom is -0.507 e. The Labute approximate surface area is 129 Å². The number of phenolic OH excluding ortho intramolecular Hbond substituents is 1. The molecular weight excluding hydrogens is 371 g/mol. The summed E-state index contributed by atoms with van der Waals surface area (Å²) in [6, 6.07) is 9.76. The van der Waals surface area contributed by atoms with Crippen molar-refractivity contribution in [2.24, 2.45) is 0 Å².